The highest BCUT2D eigenvalue weighted by Crippen LogP contribution is 2.41. The van der Waals surface area contributed by atoms with Crippen molar-refractivity contribution in [2.75, 3.05) is 25.0 Å². The van der Waals surface area contributed by atoms with E-state index in [0.717, 1.165) is 13.1 Å². The maximum Gasteiger partial charge on any atom is 0.115 e. The molecular weight excluding hydrogens is 248 g/mol. The summed E-state index contributed by atoms with van der Waals surface area (Å²) in [5.41, 5.74) is 1.55. The van der Waals surface area contributed by atoms with Crippen molar-refractivity contribution in [3.05, 3.63) is 24.3 Å². The first kappa shape index (κ1) is 15.2. The number of nitrogens with one attached hydrogen (secondary N) is 1. The predicted molar refractivity (Wildman–Crippen MR) is 85.3 cm³/mol. The molecule has 0 aromatic heterocycles. The zero-order valence-electron chi connectivity index (χ0n) is 13.2. The molecule has 0 bridgehead atoms. The molecule has 20 heavy (non-hydrogen) atoms. The van der Waals surface area contributed by atoms with Gasteiger partial charge in [0.2, 0.25) is 0 Å². The second kappa shape index (κ2) is 6.04. The molecule has 1 aliphatic rings. The molecule has 0 radical (unpaired) electrons. The normalized spacial score (nSPS) is 24.8. The molecule has 3 heteroatoms. The van der Waals surface area contributed by atoms with E-state index >= 15 is 0 Å². The first-order valence-electron chi connectivity index (χ1n) is 7.67. The molecular formula is C17H28N2O. The molecule has 2 rings (SSSR count). The number of nitrogens with zero attached hydrogens (tertiary/aromatic N) is 1. The fraction of sp³-hybridized carbons (Fsp3) is 0.647. The lowest BCUT2D eigenvalue weighted by molar-refractivity contribution is 0.253. The van der Waals surface area contributed by atoms with E-state index in [1.807, 2.05) is 12.1 Å². The molecule has 1 aromatic rings. The highest BCUT2D eigenvalue weighted by molar-refractivity contribution is 5.48. The van der Waals surface area contributed by atoms with Crippen molar-refractivity contribution in [2.24, 2.45) is 11.3 Å². The number of benzene rings is 1. The molecule has 3 nitrogen and oxygen atoms in total. The van der Waals surface area contributed by atoms with Gasteiger partial charge in [-0.3, -0.25) is 0 Å². The van der Waals surface area contributed by atoms with Crippen LogP contribution in [-0.2, 0) is 0 Å². The Labute approximate surface area is 123 Å². The molecule has 1 saturated carbocycles. The van der Waals surface area contributed by atoms with Crippen LogP contribution in [0.3, 0.4) is 0 Å². The highest BCUT2D eigenvalue weighted by atomic mass is 16.3. The van der Waals surface area contributed by atoms with Gasteiger partial charge in [0.05, 0.1) is 0 Å². The second-order valence-corrected chi connectivity index (χ2v) is 6.72. The monoisotopic (exact) mass is 276 g/mol. The molecule has 0 spiro atoms. The first-order chi connectivity index (χ1) is 9.44. The third-order valence-corrected chi connectivity index (χ3v) is 4.70. The van der Waals surface area contributed by atoms with E-state index < -0.39 is 0 Å². The first-order valence-corrected chi connectivity index (χ1v) is 7.67. The van der Waals surface area contributed by atoms with Crippen LogP contribution < -0.4 is 10.2 Å². The van der Waals surface area contributed by atoms with Crippen molar-refractivity contribution in [1.29, 1.82) is 0 Å². The van der Waals surface area contributed by atoms with Gasteiger partial charge in [0.1, 0.15) is 5.75 Å². The smallest absolute Gasteiger partial charge is 0.115 e. The average molecular weight is 276 g/mol. The molecule has 1 fully saturated rings. The van der Waals surface area contributed by atoms with E-state index in [-0.39, 0.29) is 0 Å². The Hall–Kier alpha value is -1.22. The van der Waals surface area contributed by atoms with Gasteiger partial charge in [0.25, 0.3) is 0 Å². The lowest BCUT2D eigenvalue weighted by Crippen LogP contribution is -2.45. The van der Waals surface area contributed by atoms with Crippen LogP contribution in [0.25, 0.3) is 0 Å². The fourth-order valence-corrected chi connectivity index (χ4v) is 3.54. The van der Waals surface area contributed by atoms with E-state index in [9.17, 15) is 5.11 Å². The minimum absolute atomic E-state index is 0.328. The van der Waals surface area contributed by atoms with E-state index in [0.29, 0.717) is 23.1 Å². The number of hydrogen-bond donors (Lipinski definition) is 2. The van der Waals surface area contributed by atoms with Gasteiger partial charge in [0, 0.05) is 25.3 Å². The summed E-state index contributed by atoms with van der Waals surface area (Å²) in [7, 11) is 2.14. The lowest BCUT2D eigenvalue weighted by Gasteiger charge is -2.34. The summed E-state index contributed by atoms with van der Waals surface area (Å²) in [6.45, 7) is 9.04. The summed E-state index contributed by atoms with van der Waals surface area (Å²) in [6.07, 6.45) is 2.58. The summed E-state index contributed by atoms with van der Waals surface area (Å²) in [4.78, 5) is 2.30. The van der Waals surface area contributed by atoms with E-state index in [2.05, 4.69) is 38.0 Å². The molecule has 112 valence electrons. The summed E-state index contributed by atoms with van der Waals surface area (Å²) in [5.74, 6) is 1.01. The van der Waals surface area contributed by atoms with Gasteiger partial charge in [-0.15, -0.1) is 0 Å². The predicted octanol–water partition coefficient (Wildman–Crippen LogP) is 3.24. The molecule has 0 heterocycles. The van der Waals surface area contributed by atoms with Crippen molar-refractivity contribution >= 4 is 5.69 Å². The quantitative estimate of drug-likeness (QED) is 0.866. The molecule has 0 amide bonds. The summed E-state index contributed by atoms with van der Waals surface area (Å²) in [5, 5.41) is 13.1. The molecule has 0 aliphatic heterocycles. The largest absolute Gasteiger partial charge is 0.508 e. The van der Waals surface area contributed by atoms with Crippen molar-refractivity contribution in [3.8, 4) is 5.75 Å². The zero-order chi connectivity index (χ0) is 14.8. The van der Waals surface area contributed by atoms with Gasteiger partial charge in [-0.1, -0.05) is 20.8 Å². The molecule has 2 unspecified atom stereocenters. The molecule has 0 saturated heterocycles. The van der Waals surface area contributed by atoms with Gasteiger partial charge in [-0.05, 0) is 55.0 Å². The van der Waals surface area contributed by atoms with Crippen LogP contribution in [0.1, 0.15) is 33.6 Å². The van der Waals surface area contributed by atoms with E-state index in [1.54, 1.807) is 12.1 Å². The zero-order valence-corrected chi connectivity index (χ0v) is 13.2. The van der Waals surface area contributed by atoms with Gasteiger partial charge in [-0.25, -0.2) is 0 Å². The Bertz CT molecular complexity index is 427. The van der Waals surface area contributed by atoms with Gasteiger partial charge >= 0.3 is 0 Å². The minimum Gasteiger partial charge on any atom is -0.508 e. The molecule has 1 aromatic carbocycles. The number of phenols is 1. The van der Waals surface area contributed by atoms with Crippen LogP contribution in [-0.4, -0.2) is 31.3 Å². The van der Waals surface area contributed by atoms with Crippen LogP contribution in [0, 0.1) is 11.3 Å². The summed E-state index contributed by atoms with van der Waals surface area (Å²) in [6, 6.07) is 8.07. The number of anilines is 1. The number of aromatic hydroxyl groups is 1. The van der Waals surface area contributed by atoms with Crippen LogP contribution in [0.5, 0.6) is 5.75 Å². The van der Waals surface area contributed by atoms with Crippen molar-refractivity contribution < 1.29 is 5.11 Å². The Morgan fingerprint density at radius 1 is 1.30 bits per heavy atom. The summed E-state index contributed by atoms with van der Waals surface area (Å²) < 4.78 is 0. The van der Waals surface area contributed by atoms with Gasteiger partial charge in [-0.2, -0.15) is 0 Å². The third kappa shape index (κ3) is 3.26. The van der Waals surface area contributed by atoms with Crippen molar-refractivity contribution in [2.45, 2.75) is 39.7 Å². The average Bonchev–Trinajstić information content (AvgIpc) is 2.67. The lowest BCUT2D eigenvalue weighted by atomic mass is 9.84. The number of hydrogen-bond acceptors (Lipinski definition) is 3. The SMILES string of the molecule is CCNC1C(CN(C)c2ccc(O)cc2)CCC1(C)C. The standard InChI is InChI=1S/C17H28N2O/c1-5-18-16-13(10-11-17(16,2)3)12-19(4)14-6-8-15(20)9-7-14/h6-9,13,16,18,20H,5,10-12H2,1-4H3. The Morgan fingerprint density at radius 2 is 1.95 bits per heavy atom. The van der Waals surface area contributed by atoms with E-state index in [4.69, 9.17) is 0 Å². The van der Waals surface area contributed by atoms with Crippen LogP contribution in [0.4, 0.5) is 5.69 Å². The number of phenolic OH excluding ortho intramolecular Hbond substituents is 1. The fourth-order valence-electron chi connectivity index (χ4n) is 3.54. The maximum absolute atomic E-state index is 9.37. The second-order valence-electron chi connectivity index (χ2n) is 6.72. The summed E-state index contributed by atoms with van der Waals surface area (Å²) >= 11 is 0. The van der Waals surface area contributed by atoms with Crippen molar-refractivity contribution in [3.63, 3.8) is 0 Å². The van der Waals surface area contributed by atoms with E-state index in [1.165, 1.54) is 18.5 Å². The Kier molecular flexibility index (Phi) is 4.59. The highest BCUT2D eigenvalue weighted by Gasteiger charge is 2.41. The van der Waals surface area contributed by atoms with Crippen LogP contribution in [0.15, 0.2) is 24.3 Å². The Morgan fingerprint density at radius 3 is 2.55 bits per heavy atom. The van der Waals surface area contributed by atoms with Crippen LogP contribution >= 0.6 is 0 Å². The Balaban J connectivity index is 2.03. The number of rotatable bonds is 5. The van der Waals surface area contributed by atoms with Crippen molar-refractivity contribution in [1.82, 2.24) is 5.32 Å². The van der Waals surface area contributed by atoms with Gasteiger partial charge in [0.15, 0.2) is 0 Å². The maximum atomic E-state index is 9.37. The minimum atomic E-state index is 0.328. The molecule has 1 aliphatic carbocycles. The molecule has 2 atom stereocenters. The molecule has 2 N–H and O–H groups in total. The van der Waals surface area contributed by atoms with Gasteiger partial charge < -0.3 is 15.3 Å². The van der Waals surface area contributed by atoms with Crippen LogP contribution in [0.2, 0.25) is 0 Å². The third-order valence-electron chi connectivity index (χ3n) is 4.70. The topological polar surface area (TPSA) is 35.5 Å².